The van der Waals surface area contributed by atoms with Gasteiger partial charge in [0, 0.05) is 12.5 Å². The Morgan fingerprint density at radius 1 is 1.40 bits per heavy atom. The highest BCUT2D eigenvalue weighted by Gasteiger charge is 2.40. The van der Waals surface area contributed by atoms with Crippen LogP contribution in [0.2, 0.25) is 0 Å². The summed E-state index contributed by atoms with van der Waals surface area (Å²) in [6, 6.07) is 0. The molecule has 3 heteroatoms. The summed E-state index contributed by atoms with van der Waals surface area (Å²) in [5, 5.41) is 13.1. The van der Waals surface area contributed by atoms with Gasteiger partial charge in [-0.2, -0.15) is 0 Å². The Morgan fingerprint density at radius 3 is 2.53 bits per heavy atom. The molecular formula is C12H21NO2. The van der Waals surface area contributed by atoms with Crippen LogP contribution in [0.4, 0.5) is 0 Å². The topological polar surface area (TPSA) is 49.3 Å². The second-order valence-electron chi connectivity index (χ2n) is 5.32. The van der Waals surface area contributed by atoms with Gasteiger partial charge >= 0.3 is 0 Å². The average molecular weight is 211 g/mol. The van der Waals surface area contributed by atoms with Crippen molar-refractivity contribution in [2.45, 2.75) is 51.0 Å². The highest BCUT2D eigenvalue weighted by molar-refractivity contribution is 5.81. The van der Waals surface area contributed by atoms with Gasteiger partial charge in [0.1, 0.15) is 0 Å². The van der Waals surface area contributed by atoms with Crippen LogP contribution in [0.15, 0.2) is 0 Å². The number of carbonyl (C=O) groups excluding carboxylic acids is 1. The average Bonchev–Trinajstić information content (AvgIpc) is 2.93. The molecule has 0 saturated heterocycles. The molecule has 2 N–H and O–H groups in total. The van der Waals surface area contributed by atoms with Gasteiger partial charge in [-0.25, -0.2) is 0 Å². The van der Waals surface area contributed by atoms with Crippen molar-refractivity contribution >= 4 is 5.91 Å². The number of aliphatic hydroxyl groups is 1. The first-order valence-corrected chi connectivity index (χ1v) is 6.11. The third-order valence-corrected chi connectivity index (χ3v) is 3.82. The lowest BCUT2D eigenvalue weighted by Gasteiger charge is -2.32. The third-order valence-electron chi connectivity index (χ3n) is 3.82. The molecule has 2 fully saturated rings. The maximum absolute atomic E-state index is 11.6. The second-order valence-corrected chi connectivity index (χ2v) is 5.32. The first-order chi connectivity index (χ1) is 7.11. The summed E-state index contributed by atoms with van der Waals surface area (Å²) in [4.78, 5) is 11.6. The lowest BCUT2D eigenvalue weighted by molar-refractivity contribution is -0.124. The first-order valence-electron chi connectivity index (χ1n) is 6.11. The predicted molar refractivity (Wildman–Crippen MR) is 58.3 cm³/mol. The smallest absolute Gasteiger partial charge is 0.223 e. The third kappa shape index (κ3) is 2.71. The van der Waals surface area contributed by atoms with Gasteiger partial charge in [0.05, 0.1) is 5.60 Å². The van der Waals surface area contributed by atoms with E-state index in [1.807, 2.05) is 0 Å². The van der Waals surface area contributed by atoms with Gasteiger partial charge in [-0.3, -0.25) is 4.79 Å². The first kappa shape index (κ1) is 10.9. The summed E-state index contributed by atoms with van der Waals surface area (Å²) in [6.07, 6.45) is 6.10. The molecule has 0 aliphatic heterocycles. The van der Waals surface area contributed by atoms with E-state index >= 15 is 0 Å². The molecule has 0 heterocycles. The molecule has 0 aromatic heterocycles. The van der Waals surface area contributed by atoms with Gasteiger partial charge in [0.2, 0.25) is 5.91 Å². The SMILES string of the molecule is CC1CC1C(=O)NCC1(O)CCCCC1. The molecule has 2 unspecified atom stereocenters. The summed E-state index contributed by atoms with van der Waals surface area (Å²) in [5.74, 6) is 0.907. The van der Waals surface area contributed by atoms with Crippen LogP contribution in [0.3, 0.4) is 0 Å². The second kappa shape index (κ2) is 4.12. The standard InChI is InChI=1S/C12H21NO2/c1-9-7-10(9)11(14)13-8-12(15)5-3-2-4-6-12/h9-10,15H,2-8H2,1H3,(H,13,14). The quantitative estimate of drug-likeness (QED) is 0.742. The molecule has 15 heavy (non-hydrogen) atoms. The number of hydrogen-bond donors (Lipinski definition) is 2. The Bertz CT molecular complexity index is 246. The molecule has 3 nitrogen and oxygen atoms in total. The van der Waals surface area contributed by atoms with Crippen molar-refractivity contribution in [3.05, 3.63) is 0 Å². The van der Waals surface area contributed by atoms with Crippen molar-refractivity contribution in [1.29, 1.82) is 0 Å². The van der Waals surface area contributed by atoms with E-state index in [9.17, 15) is 9.90 Å². The van der Waals surface area contributed by atoms with Crippen LogP contribution in [0.25, 0.3) is 0 Å². The van der Waals surface area contributed by atoms with Crippen LogP contribution in [-0.2, 0) is 4.79 Å². The van der Waals surface area contributed by atoms with Gasteiger partial charge in [0.15, 0.2) is 0 Å². The van der Waals surface area contributed by atoms with E-state index in [1.54, 1.807) is 0 Å². The lowest BCUT2D eigenvalue weighted by Crippen LogP contribution is -2.44. The van der Waals surface area contributed by atoms with Gasteiger partial charge in [-0.1, -0.05) is 26.2 Å². The number of rotatable bonds is 3. The van der Waals surface area contributed by atoms with Crippen LogP contribution < -0.4 is 5.32 Å². The fraction of sp³-hybridized carbons (Fsp3) is 0.917. The Balaban J connectivity index is 1.74. The molecule has 2 rings (SSSR count). The summed E-state index contributed by atoms with van der Waals surface area (Å²) in [5.41, 5.74) is -0.619. The normalized spacial score (nSPS) is 33.5. The Kier molecular flexibility index (Phi) is 3.01. The summed E-state index contributed by atoms with van der Waals surface area (Å²) >= 11 is 0. The van der Waals surface area contributed by atoms with Crippen LogP contribution in [0.1, 0.15) is 45.4 Å². The predicted octanol–water partition coefficient (Wildman–Crippen LogP) is 1.45. The summed E-state index contributed by atoms with van der Waals surface area (Å²) in [6.45, 7) is 2.55. The Morgan fingerprint density at radius 2 is 2.00 bits per heavy atom. The fourth-order valence-electron chi connectivity index (χ4n) is 2.46. The molecule has 0 radical (unpaired) electrons. The zero-order valence-corrected chi connectivity index (χ0v) is 9.46. The van der Waals surface area contributed by atoms with Crippen molar-refractivity contribution in [2.24, 2.45) is 11.8 Å². The number of hydrogen-bond acceptors (Lipinski definition) is 2. The zero-order valence-electron chi connectivity index (χ0n) is 9.46. The largest absolute Gasteiger partial charge is 0.388 e. The van der Waals surface area contributed by atoms with E-state index in [0.717, 1.165) is 32.1 Å². The monoisotopic (exact) mass is 211 g/mol. The Hall–Kier alpha value is -0.570. The number of amides is 1. The Labute approximate surface area is 91.2 Å². The molecule has 0 aromatic rings. The molecule has 86 valence electrons. The van der Waals surface area contributed by atoms with Crippen molar-refractivity contribution in [3.63, 3.8) is 0 Å². The van der Waals surface area contributed by atoms with Crippen molar-refractivity contribution in [2.75, 3.05) is 6.54 Å². The van der Waals surface area contributed by atoms with Crippen LogP contribution in [-0.4, -0.2) is 23.2 Å². The number of nitrogens with one attached hydrogen (secondary N) is 1. The molecule has 1 amide bonds. The van der Waals surface area contributed by atoms with Gasteiger partial charge < -0.3 is 10.4 Å². The van der Waals surface area contributed by atoms with Crippen molar-refractivity contribution in [1.82, 2.24) is 5.32 Å². The summed E-state index contributed by atoms with van der Waals surface area (Å²) < 4.78 is 0. The maximum atomic E-state index is 11.6. The minimum Gasteiger partial charge on any atom is -0.388 e. The maximum Gasteiger partial charge on any atom is 0.223 e. The van der Waals surface area contributed by atoms with Gasteiger partial charge in [0.25, 0.3) is 0 Å². The molecule has 0 aromatic carbocycles. The van der Waals surface area contributed by atoms with E-state index in [0.29, 0.717) is 12.5 Å². The number of carbonyl (C=O) groups is 1. The van der Waals surface area contributed by atoms with E-state index in [2.05, 4.69) is 12.2 Å². The molecular weight excluding hydrogens is 190 g/mol. The molecule has 2 aliphatic rings. The van der Waals surface area contributed by atoms with Gasteiger partial charge in [-0.05, 0) is 25.2 Å². The van der Waals surface area contributed by atoms with Crippen molar-refractivity contribution < 1.29 is 9.90 Å². The van der Waals surface area contributed by atoms with E-state index in [-0.39, 0.29) is 11.8 Å². The van der Waals surface area contributed by atoms with E-state index in [4.69, 9.17) is 0 Å². The van der Waals surface area contributed by atoms with Crippen LogP contribution in [0, 0.1) is 11.8 Å². The van der Waals surface area contributed by atoms with Crippen LogP contribution >= 0.6 is 0 Å². The van der Waals surface area contributed by atoms with E-state index in [1.165, 1.54) is 6.42 Å². The van der Waals surface area contributed by atoms with Crippen molar-refractivity contribution in [3.8, 4) is 0 Å². The van der Waals surface area contributed by atoms with Crippen LogP contribution in [0.5, 0.6) is 0 Å². The molecule has 0 spiro atoms. The molecule has 2 aliphatic carbocycles. The van der Waals surface area contributed by atoms with E-state index < -0.39 is 5.60 Å². The molecule has 0 bridgehead atoms. The minimum absolute atomic E-state index is 0.140. The zero-order chi connectivity index (χ0) is 10.9. The summed E-state index contributed by atoms with van der Waals surface area (Å²) in [7, 11) is 0. The highest BCUT2D eigenvalue weighted by Crippen LogP contribution is 2.37. The molecule has 2 atom stereocenters. The van der Waals surface area contributed by atoms with Gasteiger partial charge in [-0.15, -0.1) is 0 Å². The lowest BCUT2D eigenvalue weighted by atomic mass is 9.85. The minimum atomic E-state index is -0.619. The highest BCUT2D eigenvalue weighted by atomic mass is 16.3. The fourth-order valence-corrected chi connectivity index (χ4v) is 2.46. The molecule has 2 saturated carbocycles.